The molecule has 6 nitrogen and oxygen atoms in total. The van der Waals surface area contributed by atoms with Gasteiger partial charge in [0.1, 0.15) is 5.03 Å². The normalized spacial score (nSPS) is 17.7. The third kappa shape index (κ3) is 4.88. The van der Waals surface area contributed by atoms with E-state index >= 15 is 0 Å². The Balaban J connectivity index is 1.68. The van der Waals surface area contributed by atoms with Crippen LogP contribution < -0.4 is 11.0 Å². The highest BCUT2D eigenvalue weighted by atomic mass is 32.2. The Morgan fingerprint density at radius 3 is 2.73 bits per heavy atom. The van der Waals surface area contributed by atoms with Crippen LogP contribution in [0, 0.1) is 0 Å². The van der Waals surface area contributed by atoms with Crippen molar-refractivity contribution in [3.63, 3.8) is 0 Å². The minimum Gasteiger partial charge on any atom is -0.396 e. The molecule has 0 unspecified atom stereocenters. The van der Waals surface area contributed by atoms with Gasteiger partial charge in [0.25, 0.3) is 0 Å². The molecule has 0 saturated heterocycles. The fourth-order valence-electron chi connectivity index (χ4n) is 3.98. The van der Waals surface area contributed by atoms with Crippen molar-refractivity contribution >= 4 is 17.7 Å². The van der Waals surface area contributed by atoms with Crippen LogP contribution in [0.5, 0.6) is 0 Å². The van der Waals surface area contributed by atoms with E-state index in [-0.39, 0.29) is 18.2 Å². The zero-order valence-corrected chi connectivity index (χ0v) is 16.2. The summed E-state index contributed by atoms with van der Waals surface area (Å²) in [6, 6.07) is 0.310. The molecule has 0 aliphatic heterocycles. The van der Waals surface area contributed by atoms with Crippen molar-refractivity contribution in [2.24, 2.45) is 0 Å². The van der Waals surface area contributed by atoms with Gasteiger partial charge in [0.05, 0.1) is 5.75 Å². The van der Waals surface area contributed by atoms with Crippen LogP contribution in [-0.4, -0.2) is 39.0 Å². The number of nitrogens with zero attached hydrogens (tertiary/aromatic N) is 2. The second kappa shape index (κ2) is 9.55. The molecule has 3 rings (SSSR count). The summed E-state index contributed by atoms with van der Waals surface area (Å²) in [7, 11) is 0. The average Bonchev–Trinajstić information content (AvgIpc) is 2.66. The molecule has 1 fully saturated rings. The smallest absolute Gasteiger partial charge is 0.348 e. The summed E-state index contributed by atoms with van der Waals surface area (Å²) in [6.45, 7) is 0.580. The Morgan fingerprint density at radius 2 is 1.96 bits per heavy atom. The Kier molecular flexibility index (Phi) is 7.14. The highest BCUT2D eigenvalue weighted by molar-refractivity contribution is 7.99. The van der Waals surface area contributed by atoms with Gasteiger partial charge in [0.15, 0.2) is 0 Å². The average molecular weight is 380 g/mol. The van der Waals surface area contributed by atoms with Gasteiger partial charge in [-0.05, 0) is 44.9 Å². The molecule has 7 heteroatoms. The number of aromatic nitrogens is 2. The van der Waals surface area contributed by atoms with Gasteiger partial charge in [-0.15, -0.1) is 0 Å². The van der Waals surface area contributed by atoms with Gasteiger partial charge in [-0.1, -0.05) is 31.0 Å². The number of carbonyl (C=O) groups excluding carboxylic acids is 1. The summed E-state index contributed by atoms with van der Waals surface area (Å²) >= 11 is 1.39. The third-order valence-electron chi connectivity index (χ3n) is 5.30. The number of nitrogens with one attached hydrogen (secondary N) is 1. The van der Waals surface area contributed by atoms with Crippen LogP contribution in [0.15, 0.2) is 9.82 Å². The van der Waals surface area contributed by atoms with E-state index in [2.05, 4.69) is 10.3 Å². The molecule has 1 amide bonds. The molecule has 0 atom stereocenters. The molecule has 2 aliphatic carbocycles. The molecular weight excluding hydrogens is 350 g/mol. The SMILES string of the molecule is O=C(CSc1nc(=O)n(CCCO)c2c1CCCC2)NC1CCCCC1. The monoisotopic (exact) mass is 379 g/mol. The maximum atomic E-state index is 12.4. The highest BCUT2D eigenvalue weighted by Gasteiger charge is 2.21. The standard InChI is InChI=1S/C19H29N3O3S/c23-12-6-11-22-16-10-5-4-9-15(16)18(21-19(22)25)26-13-17(24)20-14-7-2-1-3-8-14/h14,23H,1-13H2,(H,20,24). The third-order valence-corrected chi connectivity index (χ3v) is 6.32. The lowest BCUT2D eigenvalue weighted by Gasteiger charge is -2.24. The van der Waals surface area contributed by atoms with Crippen LogP contribution in [0.2, 0.25) is 0 Å². The first-order valence-electron chi connectivity index (χ1n) is 9.84. The van der Waals surface area contributed by atoms with Gasteiger partial charge in [-0.3, -0.25) is 9.36 Å². The summed E-state index contributed by atoms with van der Waals surface area (Å²) in [5.41, 5.74) is 1.93. The number of hydrogen-bond donors (Lipinski definition) is 2. The Hall–Kier alpha value is -1.34. The van der Waals surface area contributed by atoms with E-state index in [9.17, 15) is 9.59 Å². The second-order valence-electron chi connectivity index (χ2n) is 7.25. The molecule has 0 bridgehead atoms. The number of aliphatic hydroxyl groups excluding tert-OH is 1. The molecule has 2 N–H and O–H groups in total. The van der Waals surface area contributed by atoms with Gasteiger partial charge >= 0.3 is 5.69 Å². The van der Waals surface area contributed by atoms with Crippen LogP contribution in [0.1, 0.15) is 62.6 Å². The van der Waals surface area contributed by atoms with Crippen molar-refractivity contribution in [3.05, 3.63) is 21.7 Å². The highest BCUT2D eigenvalue weighted by Crippen LogP contribution is 2.28. The van der Waals surface area contributed by atoms with E-state index < -0.39 is 0 Å². The molecule has 1 aromatic heterocycles. The Morgan fingerprint density at radius 1 is 1.19 bits per heavy atom. The van der Waals surface area contributed by atoms with E-state index in [1.165, 1.54) is 31.0 Å². The van der Waals surface area contributed by atoms with Gasteiger partial charge in [0.2, 0.25) is 5.91 Å². The van der Waals surface area contributed by atoms with Gasteiger partial charge < -0.3 is 10.4 Å². The minimum atomic E-state index is -0.255. The van der Waals surface area contributed by atoms with E-state index in [1.807, 2.05) is 0 Å². The lowest BCUT2D eigenvalue weighted by molar-refractivity contribution is -0.119. The van der Waals surface area contributed by atoms with E-state index in [0.29, 0.717) is 24.8 Å². The van der Waals surface area contributed by atoms with Crippen LogP contribution in [0.4, 0.5) is 0 Å². The molecule has 1 saturated carbocycles. The molecule has 26 heavy (non-hydrogen) atoms. The number of carbonyl (C=O) groups is 1. The van der Waals surface area contributed by atoms with Gasteiger partial charge in [-0.2, -0.15) is 4.98 Å². The maximum absolute atomic E-state index is 12.4. The summed E-state index contributed by atoms with van der Waals surface area (Å²) in [4.78, 5) is 29.0. The first kappa shape index (κ1) is 19.4. The van der Waals surface area contributed by atoms with Gasteiger partial charge in [0, 0.05) is 30.5 Å². The fourth-order valence-corrected chi connectivity index (χ4v) is 4.86. The van der Waals surface area contributed by atoms with Crippen LogP contribution in [0.3, 0.4) is 0 Å². The van der Waals surface area contributed by atoms with E-state index in [1.54, 1.807) is 4.57 Å². The Labute approximate surface area is 158 Å². The summed E-state index contributed by atoms with van der Waals surface area (Å²) in [5, 5.41) is 12.9. The molecule has 144 valence electrons. The summed E-state index contributed by atoms with van der Waals surface area (Å²) in [6.07, 6.45) is 10.3. The first-order chi connectivity index (χ1) is 12.7. The van der Waals surface area contributed by atoms with Crippen LogP contribution in [0.25, 0.3) is 0 Å². The van der Waals surface area contributed by atoms with Crippen LogP contribution in [-0.2, 0) is 24.2 Å². The molecular formula is C19H29N3O3S. The second-order valence-corrected chi connectivity index (χ2v) is 8.22. The quantitative estimate of drug-likeness (QED) is 0.559. The molecule has 0 radical (unpaired) electrons. The lowest BCUT2D eigenvalue weighted by Crippen LogP contribution is -2.37. The number of thioether (sulfide) groups is 1. The fraction of sp³-hybridized carbons (Fsp3) is 0.737. The molecule has 0 spiro atoms. The maximum Gasteiger partial charge on any atom is 0.348 e. The van der Waals surface area contributed by atoms with E-state index in [4.69, 9.17) is 5.11 Å². The number of amides is 1. The molecule has 1 aromatic rings. The number of aliphatic hydroxyl groups is 1. The zero-order valence-electron chi connectivity index (χ0n) is 15.3. The first-order valence-corrected chi connectivity index (χ1v) is 10.8. The lowest BCUT2D eigenvalue weighted by atomic mass is 9.95. The summed E-state index contributed by atoms with van der Waals surface area (Å²) in [5.74, 6) is 0.355. The Bertz CT molecular complexity index is 683. The zero-order chi connectivity index (χ0) is 18.4. The van der Waals surface area contributed by atoms with Crippen molar-refractivity contribution in [2.45, 2.75) is 81.8 Å². The van der Waals surface area contributed by atoms with Crippen molar-refractivity contribution in [1.82, 2.24) is 14.9 Å². The van der Waals surface area contributed by atoms with Crippen molar-refractivity contribution in [1.29, 1.82) is 0 Å². The molecule has 1 heterocycles. The van der Waals surface area contributed by atoms with Crippen molar-refractivity contribution in [3.8, 4) is 0 Å². The number of rotatable bonds is 7. The largest absolute Gasteiger partial charge is 0.396 e. The van der Waals surface area contributed by atoms with Crippen molar-refractivity contribution in [2.75, 3.05) is 12.4 Å². The van der Waals surface area contributed by atoms with Crippen LogP contribution >= 0.6 is 11.8 Å². The summed E-state index contributed by atoms with van der Waals surface area (Å²) < 4.78 is 1.72. The number of hydrogen-bond acceptors (Lipinski definition) is 5. The van der Waals surface area contributed by atoms with Gasteiger partial charge in [-0.25, -0.2) is 4.79 Å². The molecule has 0 aromatic carbocycles. The predicted molar refractivity (Wildman–Crippen MR) is 103 cm³/mol. The number of fused-ring (bicyclic) bond motifs is 1. The minimum absolute atomic E-state index is 0.0396. The predicted octanol–water partition coefficient (Wildman–Crippen LogP) is 2.05. The topological polar surface area (TPSA) is 84.2 Å². The molecule has 2 aliphatic rings. The van der Waals surface area contributed by atoms with Crippen molar-refractivity contribution < 1.29 is 9.90 Å². The van der Waals surface area contributed by atoms with E-state index in [0.717, 1.165) is 54.8 Å².